The Balaban J connectivity index is 0.00000144. The Labute approximate surface area is 134 Å². The largest absolute Gasteiger partial charge is 0.479 e. The van der Waals surface area contributed by atoms with Crippen molar-refractivity contribution in [1.82, 2.24) is 9.88 Å². The number of carboxylic acids is 1. The third kappa shape index (κ3) is 2.09. The van der Waals surface area contributed by atoms with Crippen LogP contribution in [0, 0.1) is 0 Å². The summed E-state index contributed by atoms with van der Waals surface area (Å²) in [5.41, 5.74) is 1.97. The van der Waals surface area contributed by atoms with Gasteiger partial charge in [0, 0.05) is 19.0 Å². The van der Waals surface area contributed by atoms with Crippen molar-refractivity contribution in [3.05, 3.63) is 47.8 Å². The van der Waals surface area contributed by atoms with Gasteiger partial charge in [-0.05, 0) is 43.4 Å². The molecule has 5 nitrogen and oxygen atoms in total. The molecule has 116 valence electrons. The van der Waals surface area contributed by atoms with E-state index in [4.69, 9.17) is 4.74 Å². The molecular formula is C16H17ClN2O3. The molecule has 0 saturated carbocycles. The molecule has 2 aromatic rings. The Morgan fingerprint density at radius 1 is 1.27 bits per heavy atom. The lowest BCUT2D eigenvalue weighted by molar-refractivity contribution is 0.0201. The average molecular weight is 321 g/mol. The fourth-order valence-electron chi connectivity index (χ4n) is 3.34. The summed E-state index contributed by atoms with van der Waals surface area (Å²) in [5.74, 6) is -0.278. The van der Waals surface area contributed by atoms with Gasteiger partial charge in [0.1, 0.15) is 5.75 Å². The molecule has 4 rings (SSSR count). The Hall–Kier alpha value is -1.98. The van der Waals surface area contributed by atoms with Crippen molar-refractivity contribution in [2.45, 2.75) is 18.4 Å². The van der Waals surface area contributed by atoms with Crippen molar-refractivity contribution in [1.29, 1.82) is 0 Å². The van der Waals surface area contributed by atoms with Gasteiger partial charge in [0.15, 0.2) is 5.60 Å². The van der Waals surface area contributed by atoms with Gasteiger partial charge in [-0.1, -0.05) is 0 Å². The normalized spacial score (nSPS) is 17.8. The van der Waals surface area contributed by atoms with Crippen molar-refractivity contribution in [2.24, 2.45) is 0 Å². The quantitative estimate of drug-likeness (QED) is 0.847. The molecule has 2 N–H and O–H groups in total. The molecule has 1 spiro atoms. The Morgan fingerprint density at radius 2 is 2.05 bits per heavy atom. The van der Waals surface area contributed by atoms with E-state index in [9.17, 15) is 9.90 Å². The van der Waals surface area contributed by atoms with Crippen molar-refractivity contribution < 1.29 is 14.6 Å². The van der Waals surface area contributed by atoms with Gasteiger partial charge in [-0.15, -0.1) is 12.4 Å². The number of fused-ring (bicyclic) bond motifs is 4. The average Bonchev–Trinajstić information content (AvgIpc) is 2.98. The van der Waals surface area contributed by atoms with Crippen molar-refractivity contribution in [3.8, 4) is 11.4 Å². The number of rotatable bonds is 1. The van der Waals surface area contributed by atoms with E-state index in [1.165, 1.54) is 0 Å². The maximum atomic E-state index is 11.2. The molecule has 0 unspecified atom stereocenters. The molecule has 3 heterocycles. The second kappa shape index (κ2) is 5.34. The molecule has 0 aliphatic carbocycles. The lowest BCUT2D eigenvalue weighted by atomic mass is 9.87. The first kappa shape index (κ1) is 14.9. The zero-order chi connectivity index (χ0) is 14.4. The topological polar surface area (TPSA) is 63.5 Å². The summed E-state index contributed by atoms with van der Waals surface area (Å²) in [5, 5.41) is 12.5. The van der Waals surface area contributed by atoms with E-state index in [2.05, 4.69) is 16.0 Å². The first-order valence-electron chi connectivity index (χ1n) is 7.15. The maximum absolute atomic E-state index is 11.2. The minimum Gasteiger partial charge on any atom is -0.479 e. The number of halogens is 1. The highest BCUT2D eigenvalue weighted by Gasteiger charge is 2.42. The molecule has 0 amide bonds. The van der Waals surface area contributed by atoms with Crippen LogP contribution < -0.4 is 10.1 Å². The van der Waals surface area contributed by atoms with Gasteiger partial charge in [0.25, 0.3) is 0 Å². The number of benzene rings is 1. The summed E-state index contributed by atoms with van der Waals surface area (Å²) in [6, 6.07) is 9.18. The highest BCUT2D eigenvalue weighted by Crippen LogP contribution is 2.44. The number of hydrogen-bond acceptors (Lipinski definition) is 3. The van der Waals surface area contributed by atoms with E-state index in [-0.39, 0.29) is 23.6 Å². The number of aromatic carboxylic acids is 1. The zero-order valence-corrected chi connectivity index (χ0v) is 12.7. The number of hydrogen-bond donors (Lipinski definition) is 2. The first-order chi connectivity index (χ1) is 10.2. The molecule has 1 saturated heterocycles. The van der Waals surface area contributed by atoms with Crippen LogP contribution in [0.1, 0.15) is 28.9 Å². The predicted octanol–water partition coefficient (Wildman–Crippen LogP) is 2.57. The van der Waals surface area contributed by atoms with E-state index < -0.39 is 5.97 Å². The van der Waals surface area contributed by atoms with Crippen molar-refractivity contribution in [2.75, 3.05) is 13.1 Å². The summed E-state index contributed by atoms with van der Waals surface area (Å²) < 4.78 is 8.43. The molecule has 6 heteroatoms. The van der Waals surface area contributed by atoms with Crippen LogP contribution in [0.25, 0.3) is 5.69 Å². The van der Waals surface area contributed by atoms with Crippen LogP contribution in [-0.2, 0) is 5.60 Å². The summed E-state index contributed by atoms with van der Waals surface area (Å²) in [7, 11) is 0. The van der Waals surface area contributed by atoms with Gasteiger partial charge >= 0.3 is 5.97 Å². The zero-order valence-electron chi connectivity index (χ0n) is 11.9. The third-order valence-corrected chi connectivity index (χ3v) is 4.40. The summed E-state index contributed by atoms with van der Waals surface area (Å²) in [4.78, 5) is 11.2. The molecule has 1 fully saturated rings. The van der Waals surface area contributed by atoms with E-state index in [0.717, 1.165) is 37.3 Å². The van der Waals surface area contributed by atoms with Gasteiger partial charge in [-0.3, -0.25) is 0 Å². The lowest BCUT2D eigenvalue weighted by Crippen LogP contribution is -2.46. The minimum absolute atomic E-state index is 0. The van der Waals surface area contributed by atoms with Crippen molar-refractivity contribution >= 4 is 18.4 Å². The number of nitrogens with one attached hydrogen (secondary N) is 1. The van der Waals surface area contributed by atoms with Crippen LogP contribution in [-0.4, -0.2) is 28.7 Å². The molecule has 1 aromatic carbocycles. The Morgan fingerprint density at radius 3 is 2.77 bits per heavy atom. The SMILES string of the molecule is Cl.O=C(O)c1ccc2c(c1)OC1(CCNCC1)c1cccn1-2. The second-order valence-electron chi connectivity index (χ2n) is 5.60. The number of carboxylic acid groups (broad SMARTS) is 1. The van der Waals surface area contributed by atoms with E-state index in [0.29, 0.717) is 5.75 Å². The molecule has 2 aliphatic rings. The fraction of sp³-hybridized carbons (Fsp3) is 0.312. The van der Waals surface area contributed by atoms with Gasteiger partial charge in [-0.2, -0.15) is 0 Å². The molecule has 0 radical (unpaired) electrons. The number of ether oxygens (including phenoxy) is 1. The van der Waals surface area contributed by atoms with Crippen LogP contribution in [0.2, 0.25) is 0 Å². The van der Waals surface area contributed by atoms with Gasteiger partial charge in [0.2, 0.25) is 0 Å². The first-order valence-corrected chi connectivity index (χ1v) is 7.15. The minimum atomic E-state index is -0.931. The summed E-state index contributed by atoms with van der Waals surface area (Å²) in [6.07, 6.45) is 3.78. The Bertz CT molecular complexity index is 720. The molecular weight excluding hydrogens is 304 g/mol. The van der Waals surface area contributed by atoms with E-state index in [1.54, 1.807) is 12.1 Å². The van der Waals surface area contributed by atoms with E-state index in [1.807, 2.05) is 18.3 Å². The highest BCUT2D eigenvalue weighted by molar-refractivity contribution is 5.88. The van der Waals surface area contributed by atoms with Crippen LogP contribution in [0.4, 0.5) is 0 Å². The monoisotopic (exact) mass is 320 g/mol. The number of nitrogens with zero attached hydrogens (tertiary/aromatic N) is 1. The van der Waals surface area contributed by atoms with Gasteiger partial charge in [0.05, 0.1) is 16.9 Å². The predicted molar refractivity (Wildman–Crippen MR) is 84.4 cm³/mol. The molecule has 2 aliphatic heterocycles. The number of carbonyl (C=O) groups is 1. The molecule has 22 heavy (non-hydrogen) atoms. The second-order valence-corrected chi connectivity index (χ2v) is 5.60. The summed E-state index contributed by atoms with van der Waals surface area (Å²) in [6.45, 7) is 1.80. The molecule has 1 aromatic heterocycles. The third-order valence-electron chi connectivity index (χ3n) is 4.40. The van der Waals surface area contributed by atoms with Gasteiger partial charge < -0.3 is 19.7 Å². The molecule has 0 atom stereocenters. The number of aromatic nitrogens is 1. The summed E-state index contributed by atoms with van der Waals surface area (Å²) >= 11 is 0. The maximum Gasteiger partial charge on any atom is 0.335 e. The fourth-order valence-corrected chi connectivity index (χ4v) is 3.34. The standard InChI is InChI=1S/C16H16N2O3.ClH/c19-15(20)11-3-4-12-13(10-11)21-16(5-7-17-8-6-16)14-2-1-9-18(12)14;/h1-4,9-10,17H,5-8H2,(H,19,20);1H. The number of piperidine rings is 1. The van der Waals surface area contributed by atoms with Crippen LogP contribution in [0.5, 0.6) is 5.75 Å². The van der Waals surface area contributed by atoms with Crippen LogP contribution >= 0.6 is 12.4 Å². The van der Waals surface area contributed by atoms with E-state index >= 15 is 0 Å². The van der Waals surface area contributed by atoms with Crippen molar-refractivity contribution in [3.63, 3.8) is 0 Å². The lowest BCUT2D eigenvalue weighted by Gasteiger charge is -2.42. The molecule has 0 bridgehead atoms. The van der Waals surface area contributed by atoms with Gasteiger partial charge in [-0.25, -0.2) is 4.79 Å². The highest BCUT2D eigenvalue weighted by atomic mass is 35.5. The van der Waals surface area contributed by atoms with Crippen LogP contribution in [0.3, 0.4) is 0 Å². The smallest absolute Gasteiger partial charge is 0.335 e. The Kier molecular flexibility index (Phi) is 3.62. The van der Waals surface area contributed by atoms with Crippen LogP contribution in [0.15, 0.2) is 36.5 Å².